The van der Waals surface area contributed by atoms with E-state index < -0.39 is 6.23 Å². The number of allylic oxidation sites excluding steroid dienone is 3. The zero-order valence-electron chi connectivity index (χ0n) is 21.1. The summed E-state index contributed by atoms with van der Waals surface area (Å²) in [5, 5.41) is 16.3. The molecule has 0 bridgehead atoms. The fourth-order valence-electron chi connectivity index (χ4n) is 4.46. The Labute approximate surface area is 208 Å². The van der Waals surface area contributed by atoms with Gasteiger partial charge in [0.05, 0.1) is 6.04 Å². The summed E-state index contributed by atoms with van der Waals surface area (Å²) in [5.74, 6) is 2.07. The number of nitrogens with one attached hydrogen (secondary N) is 2. The molecule has 1 aromatic carbocycles. The number of anilines is 1. The number of benzene rings is 1. The number of aliphatic hydroxyl groups is 1. The number of nitrogens with zero attached hydrogens (tertiary/aromatic N) is 4. The van der Waals surface area contributed by atoms with Crippen molar-refractivity contribution in [2.24, 2.45) is 10.9 Å². The van der Waals surface area contributed by atoms with E-state index in [1.807, 2.05) is 49.6 Å². The molecule has 0 spiro atoms. The average Bonchev–Trinajstić information content (AvgIpc) is 3.24. The van der Waals surface area contributed by atoms with Crippen molar-refractivity contribution < 1.29 is 5.11 Å². The molecular formula is C28H36N6O. The average molecular weight is 473 g/mol. The van der Waals surface area contributed by atoms with Gasteiger partial charge in [-0.05, 0) is 49.8 Å². The maximum Gasteiger partial charge on any atom is 0.161 e. The van der Waals surface area contributed by atoms with Crippen LogP contribution < -0.4 is 10.6 Å². The first-order valence-corrected chi connectivity index (χ1v) is 12.2. The summed E-state index contributed by atoms with van der Waals surface area (Å²) < 4.78 is 0. The smallest absolute Gasteiger partial charge is 0.161 e. The lowest BCUT2D eigenvalue weighted by atomic mass is 9.80. The molecule has 1 fully saturated rings. The molecule has 2 atom stereocenters. The Morgan fingerprint density at radius 1 is 1.31 bits per heavy atom. The zero-order chi connectivity index (χ0) is 24.9. The lowest BCUT2D eigenvalue weighted by molar-refractivity contribution is 0.136. The first kappa shape index (κ1) is 24.8. The van der Waals surface area contributed by atoms with Crippen molar-refractivity contribution in [1.29, 1.82) is 0 Å². The zero-order valence-corrected chi connectivity index (χ0v) is 21.1. The van der Waals surface area contributed by atoms with E-state index in [0.29, 0.717) is 17.8 Å². The Balaban J connectivity index is 1.60. The van der Waals surface area contributed by atoms with Crippen molar-refractivity contribution in [3.05, 3.63) is 66.5 Å². The van der Waals surface area contributed by atoms with Crippen LogP contribution in [-0.2, 0) is 0 Å². The van der Waals surface area contributed by atoms with E-state index in [0.717, 1.165) is 53.0 Å². The van der Waals surface area contributed by atoms with Gasteiger partial charge in [0.1, 0.15) is 12.0 Å². The Bertz CT molecular complexity index is 1140. The summed E-state index contributed by atoms with van der Waals surface area (Å²) in [5.41, 5.74) is 5.09. The number of aliphatic imine (C=N–C) groups is 1. The lowest BCUT2D eigenvalue weighted by Gasteiger charge is -2.37. The number of aliphatic hydroxyl groups excluding tert-OH is 1. The maximum atomic E-state index is 9.48. The third-order valence-corrected chi connectivity index (χ3v) is 6.32. The molecule has 1 saturated carbocycles. The molecule has 3 N–H and O–H groups in total. The van der Waals surface area contributed by atoms with Gasteiger partial charge in [0.15, 0.2) is 5.82 Å². The quantitative estimate of drug-likeness (QED) is 0.355. The van der Waals surface area contributed by atoms with E-state index in [9.17, 15) is 5.11 Å². The van der Waals surface area contributed by atoms with Crippen LogP contribution >= 0.6 is 0 Å². The fourth-order valence-corrected chi connectivity index (χ4v) is 4.46. The summed E-state index contributed by atoms with van der Waals surface area (Å²) >= 11 is 0. The summed E-state index contributed by atoms with van der Waals surface area (Å²) in [6, 6.07) is 8.75. The highest BCUT2D eigenvalue weighted by molar-refractivity contribution is 6.13. The molecule has 1 aliphatic carbocycles. The number of rotatable bonds is 10. The molecular weight excluding hydrogens is 436 g/mol. The Hall–Kier alpha value is -3.29. The van der Waals surface area contributed by atoms with Crippen molar-refractivity contribution in [2.75, 3.05) is 26.0 Å². The van der Waals surface area contributed by atoms with Crippen LogP contribution in [0, 0.1) is 5.92 Å². The monoisotopic (exact) mass is 472 g/mol. The van der Waals surface area contributed by atoms with Crippen molar-refractivity contribution in [3.8, 4) is 11.4 Å². The normalized spacial score (nSPS) is 22.4. The molecule has 0 radical (unpaired) electrons. The summed E-state index contributed by atoms with van der Waals surface area (Å²) in [6.45, 7) is 8.62. The van der Waals surface area contributed by atoms with E-state index in [4.69, 9.17) is 9.97 Å². The molecule has 7 nitrogen and oxygen atoms in total. The van der Waals surface area contributed by atoms with E-state index in [-0.39, 0.29) is 6.04 Å². The topological polar surface area (TPSA) is 85.7 Å². The van der Waals surface area contributed by atoms with Crippen LogP contribution in [-0.4, -0.2) is 65.1 Å². The summed E-state index contributed by atoms with van der Waals surface area (Å²) in [6.07, 6.45) is 11.5. The fraction of sp³-hybridized carbons (Fsp3) is 0.393. The summed E-state index contributed by atoms with van der Waals surface area (Å²) in [4.78, 5) is 16.2. The van der Waals surface area contributed by atoms with Crippen LogP contribution in [0.2, 0.25) is 0 Å². The van der Waals surface area contributed by atoms with Crippen molar-refractivity contribution in [1.82, 2.24) is 20.2 Å². The number of aromatic nitrogens is 2. The Morgan fingerprint density at radius 2 is 2.11 bits per heavy atom. The van der Waals surface area contributed by atoms with Gasteiger partial charge in [0.2, 0.25) is 0 Å². The summed E-state index contributed by atoms with van der Waals surface area (Å²) in [7, 11) is 4.00. The Morgan fingerprint density at radius 3 is 2.77 bits per heavy atom. The predicted molar refractivity (Wildman–Crippen MR) is 145 cm³/mol. The van der Waals surface area contributed by atoms with Crippen LogP contribution in [0.25, 0.3) is 22.5 Å². The highest BCUT2D eigenvalue weighted by Crippen LogP contribution is 2.33. The molecule has 35 heavy (non-hydrogen) atoms. The molecule has 1 unspecified atom stereocenters. The van der Waals surface area contributed by atoms with Gasteiger partial charge in [0.25, 0.3) is 0 Å². The Kier molecular flexibility index (Phi) is 7.78. The first-order valence-electron chi connectivity index (χ1n) is 12.2. The van der Waals surface area contributed by atoms with Crippen LogP contribution in [0.15, 0.2) is 60.4 Å². The van der Waals surface area contributed by atoms with Crippen molar-refractivity contribution in [3.63, 3.8) is 0 Å². The molecule has 7 heteroatoms. The van der Waals surface area contributed by atoms with Crippen LogP contribution in [0.3, 0.4) is 0 Å². The molecule has 4 rings (SSSR count). The van der Waals surface area contributed by atoms with E-state index in [2.05, 4.69) is 53.5 Å². The van der Waals surface area contributed by atoms with Gasteiger partial charge in [-0.2, -0.15) is 0 Å². The molecule has 2 aliphatic rings. The molecule has 2 aromatic rings. The van der Waals surface area contributed by atoms with Crippen molar-refractivity contribution >= 4 is 23.2 Å². The predicted octanol–water partition coefficient (Wildman–Crippen LogP) is 4.21. The maximum absolute atomic E-state index is 9.48. The lowest BCUT2D eigenvalue weighted by Crippen LogP contribution is -2.42. The molecule has 1 aliphatic heterocycles. The minimum absolute atomic E-state index is 0.162. The molecule has 0 saturated heterocycles. The van der Waals surface area contributed by atoms with Gasteiger partial charge in [-0.1, -0.05) is 36.9 Å². The van der Waals surface area contributed by atoms with Gasteiger partial charge < -0.3 is 15.3 Å². The standard InChI is InChI=1S/C28H36N6O/c1-6-21(17-34(4)5)22-8-7-9-23(13-22)27-31-16-26(24-10-18(2)29-15-24)28(33-27)32-25-11-20(12-25)14-30-19(3)35/h6-10,13,15-20,25,30,35H,1,11-12,14H2,2-5H3,(H,31,32,33)/b21-17+/t18-,19?,20?,25?/m1/s1. The highest BCUT2D eigenvalue weighted by atomic mass is 16.3. The minimum Gasteiger partial charge on any atom is -0.383 e. The van der Waals surface area contributed by atoms with Gasteiger partial charge in [-0.15, -0.1) is 0 Å². The highest BCUT2D eigenvalue weighted by Gasteiger charge is 2.30. The second-order valence-electron chi connectivity index (χ2n) is 9.69. The number of hydrogen-bond acceptors (Lipinski definition) is 7. The van der Waals surface area contributed by atoms with Gasteiger partial charge in [0, 0.05) is 62.0 Å². The first-order chi connectivity index (χ1) is 16.8. The van der Waals surface area contributed by atoms with E-state index in [1.165, 1.54) is 0 Å². The van der Waals surface area contributed by atoms with Gasteiger partial charge in [-0.3, -0.25) is 10.3 Å². The van der Waals surface area contributed by atoms with Crippen LogP contribution in [0.5, 0.6) is 0 Å². The largest absolute Gasteiger partial charge is 0.383 e. The van der Waals surface area contributed by atoms with Crippen molar-refractivity contribution in [2.45, 2.75) is 45.0 Å². The van der Waals surface area contributed by atoms with E-state index in [1.54, 1.807) is 6.92 Å². The molecule has 2 heterocycles. The SMILES string of the molecule is C=C/C(=C\N(C)C)c1cccc(-c2ncc(C3=C[C@@H](C)N=C3)c(NC3CC(CNC(C)O)C3)n2)c1. The van der Waals surface area contributed by atoms with Gasteiger partial charge in [-0.25, -0.2) is 9.97 Å². The molecule has 1 aromatic heterocycles. The minimum atomic E-state index is -0.474. The van der Waals surface area contributed by atoms with E-state index >= 15 is 0 Å². The number of hydrogen-bond donors (Lipinski definition) is 3. The second-order valence-corrected chi connectivity index (χ2v) is 9.69. The molecule has 0 amide bonds. The second kappa shape index (κ2) is 11.0. The molecule has 184 valence electrons. The third-order valence-electron chi connectivity index (χ3n) is 6.32. The van der Waals surface area contributed by atoms with Gasteiger partial charge >= 0.3 is 0 Å². The van der Waals surface area contributed by atoms with Crippen LogP contribution in [0.4, 0.5) is 5.82 Å². The third kappa shape index (κ3) is 6.24. The van der Waals surface area contributed by atoms with Crippen LogP contribution in [0.1, 0.15) is 37.8 Å².